The van der Waals surface area contributed by atoms with Gasteiger partial charge < -0.3 is 5.73 Å². The summed E-state index contributed by atoms with van der Waals surface area (Å²) in [4.78, 5) is 0. The van der Waals surface area contributed by atoms with Gasteiger partial charge in [0.2, 0.25) is 0 Å². The molecule has 0 fully saturated rings. The second-order valence-corrected chi connectivity index (χ2v) is 2.55. The molecular formula is C8H13N3. The summed E-state index contributed by atoms with van der Waals surface area (Å²) in [5.74, 6) is 0.491. The summed E-state index contributed by atoms with van der Waals surface area (Å²) in [6.07, 6.45) is 3.36. The molecule has 0 aliphatic carbocycles. The standard InChI is InChI=1S/C8H13N3/c1-2-3-4-7-5-6-8(9)11-10-7/h5-6H,2-4H2,1H3,(H2,9,11). The molecule has 0 saturated carbocycles. The van der Waals surface area contributed by atoms with Gasteiger partial charge in [-0.25, -0.2) is 0 Å². The predicted octanol–water partition coefficient (Wildman–Crippen LogP) is 1.40. The van der Waals surface area contributed by atoms with Crippen LogP contribution in [0.1, 0.15) is 25.5 Å². The first kappa shape index (κ1) is 7.98. The normalized spacial score (nSPS) is 9.91. The first-order valence-corrected chi connectivity index (χ1v) is 3.91. The first-order valence-electron chi connectivity index (χ1n) is 3.91. The number of nitrogens with two attached hydrogens (primary N) is 1. The van der Waals surface area contributed by atoms with Crippen LogP contribution >= 0.6 is 0 Å². The van der Waals surface area contributed by atoms with Crippen LogP contribution in [-0.4, -0.2) is 10.2 Å². The number of nitrogen functional groups attached to an aromatic ring is 1. The minimum atomic E-state index is 0.491. The fraction of sp³-hybridized carbons (Fsp3) is 0.500. The van der Waals surface area contributed by atoms with Crippen molar-refractivity contribution < 1.29 is 0 Å². The van der Waals surface area contributed by atoms with E-state index in [0.717, 1.165) is 12.1 Å². The molecule has 3 nitrogen and oxygen atoms in total. The predicted molar refractivity (Wildman–Crippen MR) is 45.1 cm³/mol. The van der Waals surface area contributed by atoms with Crippen molar-refractivity contribution in [3.8, 4) is 0 Å². The third-order valence-electron chi connectivity index (χ3n) is 1.53. The van der Waals surface area contributed by atoms with Crippen LogP contribution in [0.25, 0.3) is 0 Å². The third-order valence-corrected chi connectivity index (χ3v) is 1.53. The molecule has 11 heavy (non-hydrogen) atoms. The Morgan fingerprint density at radius 3 is 2.73 bits per heavy atom. The Hall–Kier alpha value is -1.12. The van der Waals surface area contributed by atoms with Gasteiger partial charge in [0.1, 0.15) is 5.82 Å². The molecular weight excluding hydrogens is 138 g/mol. The van der Waals surface area contributed by atoms with Crippen LogP contribution in [0.15, 0.2) is 12.1 Å². The number of anilines is 1. The minimum absolute atomic E-state index is 0.491. The quantitative estimate of drug-likeness (QED) is 0.710. The second kappa shape index (κ2) is 3.91. The molecule has 0 aliphatic rings. The lowest BCUT2D eigenvalue weighted by atomic mass is 10.2. The van der Waals surface area contributed by atoms with E-state index < -0.39 is 0 Å². The van der Waals surface area contributed by atoms with Gasteiger partial charge in [-0.1, -0.05) is 13.3 Å². The van der Waals surface area contributed by atoms with Crippen molar-refractivity contribution in [3.05, 3.63) is 17.8 Å². The van der Waals surface area contributed by atoms with Crippen molar-refractivity contribution in [3.63, 3.8) is 0 Å². The molecule has 1 aromatic rings. The highest BCUT2D eigenvalue weighted by Gasteiger charge is 1.93. The number of hydrogen-bond acceptors (Lipinski definition) is 3. The SMILES string of the molecule is CCCCc1ccc(N)nn1. The van der Waals surface area contributed by atoms with Crippen LogP contribution in [0, 0.1) is 0 Å². The summed E-state index contributed by atoms with van der Waals surface area (Å²) in [7, 11) is 0. The summed E-state index contributed by atoms with van der Waals surface area (Å²) >= 11 is 0. The number of nitrogens with zero attached hydrogens (tertiary/aromatic N) is 2. The zero-order valence-electron chi connectivity index (χ0n) is 6.75. The van der Waals surface area contributed by atoms with Gasteiger partial charge in [0, 0.05) is 0 Å². The van der Waals surface area contributed by atoms with Crippen LogP contribution in [-0.2, 0) is 6.42 Å². The van der Waals surface area contributed by atoms with E-state index in [9.17, 15) is 0 Å². The average molecular weight is 151 g/mol. The van der Waals surface area contributed by atoms with Crippen LogP contribution in [0.3, 0.4) is 0 Å². The highest BCUT2D eigenvalue weighted by molar-refractivity contribution is 5.25. The van der Waals surface area contributed by atoms with Gasteiger partial charge in [-0.15, -0.1) is 5.10 Å². The fourth-order valence-electron chi connectivity index (χ4n) is 0.861. The van der Waals surface area contributed by atoms with E-state index >= 15 is 0 Å². The molecule has 2 N–H and O–H groups in total. The molecule has 0 unspecified atom stereocenters. The van der Waals surface area contributed by atoms with Crippen LogP contribution in [0.2, 0.25) is 0 Å². The molecule has 0 amide bonds. The molecule has 0 radical (unpaired) electrons. The smallest absolute Gasteiger partial charge is 0.146 e. The highest BCUT2D eigenvalue weighted by atomic mass is 15.1. The summed E-state index contributed by atoms with van der Waals surface area (Å²) in [6.45, 7) is 2.16. The van der Waals surface area contributed by atoms with Crippen molar-refractivity contribution in [1.82, 2.24) is 10.2 Å². The summed E-state index contributed by atoms with van der Waals surface area (Å²) < 4.78 is 0. The topological polar surface area (TPSA) is 51.8 Å². The van der Waals surface area contributed by atoms with E-state index in [1.54, 1.807) is 6.07 Å². The Bertz CT molecular complexity index is 205. The maximum atomic E-state index is 5.38. The van der Waals surface area contributed by atoms with Crippen molar-refractivity contribution in [2.75, 3.05) is 5.73 Å². The van der Waals surface area contributed by atoms with Gasteiger partial charge in [0.05, 0.1) is 5.69 Å². The number of aryl methyl sites for hydroxylation is 1. The Labute approximate surface area is 66.6 Å². The lowest BCUT2D eigenvalue weighted by molar-refractivity contribution is 0.761. The Morgan fingerprint density at radius 2 is 2.18 bits per heavy atom. The Morgan fingerprint density at radius 1 is 1.36 bits per heavy atom. The van der Waals surface area contributed by atoms with Gasteiger partial charge in [0.25, 0.3) is 0 Å². The zero-order chi connectivity index (χ0) is 8.10. The van der Waals surface area contributed by atoms with Crippen molar-refractivity contribution in [2.24, 2.45) is 0 Å². The molecule has 0 atom stereocenters. The van der Waals surface area contributed by atoms with Crippen molar-refractivity contribution in [1.29, 1.82) is 0 Å². The van der Waals surface area contributed by atoms with E-state index in [4.69, 9.17) is 5.73 Å². The second-order valence-electron chi connectivity index (χ2n) is 2.55. The average Bonchev–Trinajstić information content (AvgIpc) is 2.04. The van der Waals surface area contributed by atoms with E-state index in [1.165, 1.54) is 12.8 Å². The molecule has 0 saturated heterocycles. The molecule has 0 aromatic carbocycles. The number of unbranched alkanes of at least 4 members (excludes halogenated alkanes) is 1. The number of aromatic nitrogens is 2. The molecule has 3 heteroatoms. The maximum Gasteiger partial charge on any atom is 0.146 e. The summed E-state index contributed by atoms with van der Waals surface area (Å²) in [6, 6.07) is 3.72. The summed E-state index contributed by atoms with van der Waals surface area (Å²) in [5, 5.41) is 7.70. The lowest BCUT2D eigenvalue weighted by Gasteiger charge is -1.96. The van der Waals surface area contributed by atoms with E-state index in [0.29, 0.717) is 5.82 Å². The molecule has 1 aromatic heterocycles. The number of rotatable bonds is 3. The highest BCUT2D eigenvalue weighted by Crippen LogP contribution is 2.01. The number of hydrogen-bond donors (Lipinski definition) is 1. The van der Waals surface area contributed by atoms with E-state index in [1.807, 2.05) is 6.07 Å². The van der Waals surface area contributed by atoms with Crippen molar-refractivity contribution in [2.45, 2.75) is 26.2 Å². The zero-order valence-corrected chi connectivity index (χ0v) is 6.75. The van der Waals surface area contributed by atoms with Gasteiger partial charge in [-0.3, -0.25) is 0 Å². The van der Waals surface area contributed by atoms with Crippen molar-refractivity contribution >= 4 is 5.82 Å². The molecule has 60 valence electrons. The van der Waals surface area contributed by atoms with Gasteiger partial charge in [-0.05, 0) is 25.0 Å². The maximum absolute atomic E-state index is 5.38. The minimum Gasteiger partial charge on any atom is -0.382 e. The molecule has 0 bridgehead atoms. The lowest BCUT2D eigenvalue weighted by Crippen LogP contribution is -1.96. The third kappa shape index (κ3) is 2.53. The Kier molecular flexibility index (Phi) is 2.83. The van der Waals surface area contributed by atoms with E-state index in [-0.39, 0.29) is 0 Å². The fourth-order valence-corrected chi connectivity index (χ4v) is 0.861. The van der Waals surface area contributed by atoms with Gasteiger partial charge in [0.15, 0.2) is 0 Å². The summed E-state index contributed by atoms with van der Waals surface area (Å²) in [5.41, 5.74) is 6.41. The first-order chi connectivity index (χ1) is 5.33. The molecule has 0 spiro atoms. The van der Waals surface area contributed by atoms with Crippen LogP contribution < -0.4 is 5.73 Å². The largest absolute Gasteiger partial charge is 0.382 e. The molecule has 0 aliphatic heterocycles. The van der Waals surface area contributed by atoms with E-state index in [2.05, 4.69) is 17.1 Å². The monoisotopic (exact) mass is 151 g/mol. The van der Waals surface area contributed by atoms with Gasteiger partial charge >= 0.3 is 0 Å². The van der Waals surface area contributed by atoms with Gasteiger partial charge in [-0.2, -0.15) is 5.10 Å². The van der Waals surface area contributed by atoms with Crippen LogP contribution in [0.5, 0.6) is 0 Å². The molecule has 1 heterocycles. The van der Waals surface area contributed by atoms with Crippen LogP contribution in [0.4, 0.5) is 5.82 Å². The Balaban J connectivity index is 2.52. The molecule has 1 rings (SSSR count).